The van der Waals surface area contributed by atoms with Crippen molar-refractivity contribution < 1.29 is 9.84 Å². The van der Waals surface area contributed by atoms with Gasteiger partial charge in [0, 0.05) is 18.1 Å². The second-order valence-corrected chi connectivity index (χ2v) is 6.30. The molecule has 0 aromatic heterocycles. The van der Waals surface area contributed by atoms with Gasteiger partial charge in [-0.25, -0.2) is 0 Å². The van der Waals surface area contributed by atoms with Crippen LogP contribution in [-0.4, -0.2) is 41.8 Å². The Bertz CT molecular complexity index is 454. The molecule has 0 amide bonds. The number of benzene rings is 1. The van der Waals surface area contributed by atoms with Gasteiger partial charge in [0.25, 0.3) is 0 Å². The Morgan fingerprint density at radius 3 is 2.55 bits per heavy atom. The number of aliphatic hydroxyl groups is 1. The second-order valence-electron chi connectivity index (χ2n) is 5.87. The van der Waals surface area contributed by atoms with Crippen LogP contribution in [0.15, 0.2) is 24.3 Å². The summed E-state index contributed by atoms with van der Waals surface area (Å²) in [7, 11) is 0. The third-order valence-corrected chi connectivity index (χ3v) is 5.02. The summed E-state index contributed by atoms with van der Waals surface area (Å²) < 4.78 is 5.46. The molecule has 2 aliphatic rings. The fourth-order valence-electron chi connectivity index (χ4n) is 3.75. The van der Waals surface area contributed by atoms with Gasteiger partial charge in [-0.15, -0.1) is 0 Å². The van der Waals surface area contributed by atoms with Crippen LogP contribution in [-0.2, 0) is 4.74 Å². The lowest BCUT2D eigenvalue weighted by atomic mass is 9.84. The summed E-state index contributed by atoms with van der Waals surface area (Å²) in [5.41, 5.74) is 0.806. The maximum atomic E-state index is 11.0. The maximum absolute atomic E-state index is 11.0. The molecule has 3 rings (SSSR count). The molecule has 0 bridgehead atoms. The molecule has 4 heteroatoms. The van der Waals surface area contributed by atoms with Crippen molar-refractivity contribution in [3.8, 4) is 0 Å². The number of hydrogen-bond acceptors (Lipinski definition) is 3. The topological polar surface area (TPSA) is 32.7 Å². The summed E-state index contributed by atoms with van der Waals surface area (Å²) in [4.78, 5) is 2.44. The Labute approximate surface area is 125 Å². The van der Waals surface area contributed by atoms with E-state index in [0.29, 0.717) is 5.02 Å². The monoisotopic (exact) mass is 295 g/mol. The smallest absolute Gasteiger partial charge is 0.0974 e. The first-order valence-corrected chi connectivity index (χ1v) is 7.86. The highest BCUT2D eigenvalue weighted by Gasteiger charge is 2.46. The SMILES string of the molecule is OC(c1cccc(Cl)c1)C1(N2CCOCC2)CCCC1. The van der Waals surface area contributed by atoms with Gasteiger partial charge in [-0.3, -0.25) is 4.90 Å². The van der Waals surface area contributed by atoms with Crippen molar-refractivity contribution in [3.05, 3.63) is 34.9 Å². The van der Waals surface area contributed by atoms with Crippen molar-refractivity contribution in [3.63, 3.8) is 0 Å². The Morgan fingerprint density at radius 2 is 1.90 bits per heavy atom. The van der Waals surface area contributed by atoms with E-state index in [9.17, 15) is 5.11 Å². The van der Waals surface area contributed by atoms with Crippen LogP contribution in [0.25, 0.3) is 0 Å². The Balaban J connectivity index is 1.89. The van der Waals surface area contributed by atoms with Gasteiger partial charge in [0.2, 0.25) is 0 Å². The molecule has 0 radical (unpaired) electrons. The number of hydrogen-bond donors (Lipinski definition) is 1. The Morgan fingerprint density at radius 1 is 1.20 bits per heavy atom. The summed E-state index contributed by atoms with van der Waals surface area (Å²) in [6.45, 7) is 3.36. The lowest BCUT2D eigenvalue weighted by molar-refractivity contribution is -0.0774. The van der Waals surface area contributed by atoms with E-state index in [2.05, 4.69) is 4.90 Å². The molecule has 2 fully saturated rings. The predicted octanol–water partition coefficient (Wildman–Crippen LogP) is 3.02. The van der Waals surface area contributed by atoms with Gasteiger partial charge in [-0.2, -0.15) is 0 Å². The largest absolute Gasteiger partial charge is 0.386 e. The van der Waals surface area contributed by atoms with E-state index in [1.54, 1.807) is 0 Å². The molecule has 1 unspecified atom stereocenters. The normalized spacial score (nSPS) is 24.7. The van der Waals surface area contributed by atoms with Crippen LogP contribution < -0.4 is 0 Å². The summed E-state index contributed by atoms with van der Waals surface area (Å²) in [5, 5.41) is 11.7. The van der Waals surface area contributed by atoms with Crippen molar-refractivity contribution in [1.82, 2.24) is 4.90 Å². The van der Waals surface area contributed by atoms with Crippen LogP contribution in [0, 0.1) is 0 Å². The van der Waals surface area contributed by atoms with Gasteiger partial charge in [-0.1, -0.05) is 36.6 Å². The minimum atomic E-state index is -0.471. The number of nitrogens with zero attached hydrogens (tertiary/aromatic N) is 1. The van der Waals surface area contributed by atoms with Gasteiger partial charge < -0.3 is 9.84 Å². The quantitative estimate of drug-likeness (QED) is 0.930. The van der Waals surface area contributed by atoms with Crippen molar-refractivity contribution >= 4 is 11.6 Å². The van der Waals surface area contributed by atoms with Crippen LogP contribution in [0.1, 0.15) is 37.4 Å². The average Bonchev–Trinajstić information content (AvgIpc) is 2.98. The molecule has 20 heavy (non-hydrogen) atoms. The molecule has 110 valence electrons. The molecule has 1 aliphatic heterocycles. The Hall–Kier alpha value is -0.610. The van der Waals surface area contributed by atoms with E-state index >= 15 is 0 Å². The minimum absolute atomic E-state index is 0.130. The van der Waals surface area contributed by atoms with Crippen molar-refractivity contribution in [2.24, 2.45) is 0 Å². The summed E-state index contributed by atoms with van der Waals surface area (Å²) in [6, 6.07) is 7.65. The molecule has 1 N–H and O–H groups in total. The zero-order valence-electron chi connectivity index (χ0n) is 11.7. The molecule has 1 atom stereocenters. The lowest BCUT2D eigenvalue weighted by Gasteiger charge is -2.46. The van der Waals surface area contributed by atoms with Crippen molar-refractivity contribution in [1.29, 1.82) is 0 Å². The predicted molar refractivity (Wildman–Crippen MR) is 80.0 cm³/mol. The van der Waals surface area contributed by atoms with E-state index in [-0.39, 0.29) is 5.54 Å². The van der Waals surface area contributed by atoms with E-state index < -0.39 is 6.10 Å². The third kappa shape index (κ3) is 2.60. The molecule has 1 aromatic carbocycles. The molecule has 1 saturated carbocycles. The van der Waals surface area contributed by atoms with Crippen molar-refractivity contribution in [2.45, 2.75) is 37.3 Å². The van der Waals surface area contributed by atoms with Crippen LogP contribution in [0.2, 0.25) is 5.02 Å². The second kappa shape index (κ2) is 6.02. The highest BCUT2D eigenvalue weighted by molar-refractivity contribution is 6.30. The number of morpholine rings is 1. The molecule has 3 nitrogen and oxygen atoms in total. The number of halogens is 1. The highest BCUT2D eigenvalue weighted by Crippen LogP contribution is 2.45. The van der Waals surface area contributed by atoms with Crippen molar-refractivity contribution in [2.75, 3.05) is 26.3 Å². The van der Waals surface area contributed by atoms with Gasteiger partial charge in [0.15, 0.2) is 0 Å². The molecule has 1 aliphatic carbocycles. The number of aliphatic hydroxyl groups excluding tert-OH is 1. The zero-order chi connectivity index (χ0) is 14.0. The lowest BCUT2D eigenvalue weighted by Crippen LogP contribution is -2.55. The average molecular weight is 296 g/mol. The molecule has 1 saturated heterocycles. The van der Waals surface area contributed by atoms with Crippen LogP contribution >= 0.6 is 11.6 Å². The summed E-state index contributed by atoms with van der Waals surface area (Å²) in [6.07, 6.45) is 4.02. The van der Waals surface area contributed by atoms with E-state index in [1.165, 1.54) is 12.8 Å². The standard InChI is InChI=1S/C16H22ClNO2/c17-14-5-3-4-13(12-14)15(19)16(6-1-2-7-16)18-8-10-20-11-9-18/h3-5,12,15,19H,1-2,6-11H2. The van der Waals surface area contributed by atoms with Crippen LogP contribution in [0.3, 0.4) is 0 Å². The molecular weight excluding hydrogens is 274 g/mol. The van der Waals surface area contributed by atoms with Gasteiger partial charge in [0.1, 0.15) is 0 Å². The molecule has 0 spiro atoms. The zero-order valence-corrected chi connectivity index (χ0v) is 12.5. The Kier molecular flexibility index (Phi) is 4.32. The maximum Gasteiger partial charge on any atom is 0.0974 e. The van der Waals surface area contributed by atoms with Crippen LogP contribution in [0.4, 0.5) is 0 Å². The first-order chi connectivity index (χ1) is 9.72. The molecular formula is C16H22ClNO2. The number of ether oxygens (including phenoxy) is 1. The summed E-state index contributed by atoms with van der Waals surface area (Å²) in [5.74, 6) is 0. The molecule has 1 heterocycles. The van der Waals surface area contributed by atoms with Gasteiger partial charge in [-0.05, 0) is 30.5 Å². The van der Waals surface area contributed by atoms with E-state index in [0.717, 1.165) is 44.7 Å². The van der Waals surface area contributed by atoms with Gasteiger partial charge in [0.05, 0.1) is 24.9 Å². The van der Waals surface area contributed by atoms with E-state index in [1.807, 2.05) is 24.3 Å². The minimum Gasteiger partial charge on any atom is -0.386 e. The fraction of sp³-hybridized carbons (Fsp3) is 0.625. The summed E-state index contributed by atoms with van der Waals surface area (Å²) >= 11 is 6.08. The van der Waals surface area contributed by atoms with Gasteiger partial charge >= 0.3 is 0 Å². The number of rotatable bonds is 3. The van der Waals surface area contributed by atoms with E-state index in [4.69, 9.17) is 16.3 Å². The first-order valence-electron chi connectivity index (χ1n) is 7.49. The fourth-order valence-corrected chi connectivity index (χ4v) is 3.94. The highest BCUT2D eigenvalue weighted by atomic mass is 35.5. The third-order valence-electron chi connectivity index (χ3n) is 4.78. The molecule has 1 aromatic rings. The van der Waals surface area contributed by atoms with Crippen LogP contribution in [0.5, 0.6) is 0 Å². The first kappa shape index (κ1) is 14.3.